The van der Waals surface area contributed by atoms with E-state index in [4.69, 9.17) is 9.47 Å². The molecule has 10 nitrogen and oxygen atoms in total. The first-order valence-corrected chi connectivity index (χ1v) is 30.0. The lowest BCUT2D eigenvalue weighted by Crippen LogP contribution is -2.60. The van der Waals surface area contributed by atoms with Gasteiger partial charge in [-0.3, -0.25) is 4.79 Å². The molecule has 10 heteroatoms. The Kier molecular flexibility index (Phi) is 46.9. The van der Waals surface area contributed by atoms with Gasteiger partial charge in [-0.15, -0.1) is 0 Å². The van der Waals surface area contributed by atoms with Crippen molar-refractivity contribution >= 4 is 5.91 Å². The topological polar surface area (TPSA) is 169 Å². The fourth-order valence-corrected chi connectivity index (χ4v) is 9.87. The summed E-state index contributed by atoms with van der Waals surface area (Å²) >= 11 is 0. The fourth-order valence-electron chi connectivity index (χ4n) is 9.87. The van der Waals surface area contributed by atoms with Gasteiger partial charge < -0.3 is 45.4 Å². The van der Waals surface area contributed by atoms with E-state index in [0.717, 1.165) is 44.9 Å². The standard InChI is InChI=1S/C59H115NO9/c1-3-5-7-9-11-13-15-17-19-21-22-23-24-25-26-27-28-29-30-32-34-36-38-40-42-44-46-48-53(63)58(67)60-51(50-68-59-57(66)56(65)55(64)54(49-61)69-59)52(62)47-45-43-41-39-37-35-33-31-20-18-16-14-12-10-8-6-4-2/h45,47,51-57,59,61-66H,3-44,46,48-50H2,1-2H3,(H,60,67)/b47-45+. The molecule has 8 unspecified atom stereocenters. The van der Waals surface area contributed by atoms with Gasteiger partial charge in [-0.2, -0.15) is 0 Å². The molecule has 69 heavy (non-hydrogen) atoms. The quantitative estimate of drug-likeness (QED) is 0.0232. The van der Waals surface area contributed by atoms with E-state index >= 15 is 0 Å². The summed E-state index contributed by atoms with van der Waals surface area (Å²) in [7, 11) is 0. The van der Waals surface area contributed by atoms with Crippen molar-refractivity contribution in [3.63, 3.8) is 0 Å². The van der Waals surface area contributed by atoms with Crippen molar-refractivity contribution in [1.29, 1.82) is 0 Å². The van der Waals surface area contributed by atoms with Crippen LogP contribution in [0.5, 0.6) is 0 Å². The predicted molar refractivity (Wildman–Crippen MR) is 287 cm³/mol. The molecule has 0 aromatic heterocycles. The second-order valence-corrected chi connectivity index (χ2v) is 21.3. The first-order valence-electron chi connectivity index (χ1n) is 30.0. The molecule has 0 bridgehead atoms. The maximum atomic E-state index is 13.1. The molecule has 1 fully saturated rings. The number of aliphatic hydroxyl groups excluding tert-OH is 6. The van der Waals surface area contributed by atoms with Crippen LogP contribution in [-0.4, -0.2) is 98.7 Å². The van der Waals surface area contributed by atoms with Crippen LogP contribution in [0.1, 0.15) is 296 Å². The molecule has 1 aliphatic rings. The first kappa shape index (κ1) is 65.9. The van der Waals surface area contributed by atoms with Gasteiger partial charge in [0.2, 0.25) is 5.91 Å². The number of aliphatic hydroxyl groups is 6. The van der Waals surface area contributed by atoms with Crippen LogP contribution in [0, 0.1) is 0 Å². The third-order valence-electron chi connectivity index (χ3n) is 14.7. The van der Waals surface area contributed by atoms with Crippen LogP contribution < -0.4 is 5.32 Å². The molecular formula is C59H115NO9. The molecule has 410 valence electrons. The molecule has 0 radical (unpaired) electrons. The number of hydrogen-bond acceptors (Lipinski definition) is 9. The summed E-state index contributed by atoms with van der Waals surface area (Å²) < 4.78 is 11.2. The van der Waals surface area contributed by atoms with Gasteiger partial charge in [0.15, 0.2) is 6.29 Å². The first-order chi connectivity index (χ1) is 33.8. The Hall–Kier alpha value is -1.11. The van der Waals surface area contributed by atoms with Gasteiger partial charge in [-0.05, 0) is 19.3 Å². The number of ether oxygens (including phenoxy) is 2. The maximum absolute atomic E-state index is 13.1. The van der Waals surface area contributed by atoms with Crippen LogP contribution in [0.2, 0.25) is 0 Å². The molecule has 1 rings (SSSR count). The highest BCUT2D eigenvalue weighted by Crippen LogP contribution is 2.23. The Bertz CT molecular complexity index is 1110. The van der Waals surface area contributed by atoms with Crippen molar-refractivity contribution < 1.29 is 44.9 Å². The van der Waals surface area contributed by atoms with Gasteiger partial charge >= 0.3 is 0 Å². The zero-order valence-corrected chi connectivity index (χ0v) is 45.2. The van der Waals surface area contributed by atoms with Crippen LogP contribution in [0.25, 0.3) is 0 Å². The minimum Gasteiger partial charge on any atom is -0.394 e. The summed E-state index contributed by atoms with van der Waals surface area (Å²) in [4.78, 5) is 13.1. The monoisotopic (exact) mass is 982 g/mol. The Morgan fingerprint density at radius 1 is 0.493 bits per heavy atom. The molecule has 1 amide bonds. The van der Waals surface area contributed by atoms with Crippen molar-refractivity contribution in [2.75, 3.05) is 13.2 Å². The largest absolute Gasteiger partial charge is 0.394 e. The number of unbranched alkanes of at least 4 members (excludes halogenated alkanes) is 41. The summed E-state index contributed by atoms with van der Waals surface area (Å²) in [5, 5.41) is 65.1. The summed E-state index contributed by atoms with van der Waals surface area (Å²) in [6.45, 7) is 3.66. The Balaban J connectivity index is 2.21. The molecule has 1 saturated heterocycles. The lowest BCUT2D eigenvalue weighted by atomic mass is 9.99. The second kappa shape index (κ2) is 49.1. The van der Waals surface area contributed by atoms with E-state index < -0.39 is 61.5 Å². The van der Waals surface area contributed by atoms with Gasteiger partial charge in [-0.1, -0.05) is 289 Å². The van der Waals surface area contributed by atoms with Crippen LogP contribution in [-0.2, 0) is 14.3 Å². The Morgan fingerprint density at radius 3 is 1.17 bits per heavy atom. The third kappa shape index (κ3) is 38.2. The van der Waals surface area contributed by atoms with Crippen LogP contribution in [0.3, 0.4) is 0 Å². The van der Waals surface area contributed by atoms with Crippen LogP contribution in [0.15, 0.2) is 12.2 Å². The Morgan fingerprint density at radius 2 is 0.826 bits per heavy atom. The maximum Gasteiger partial charge on any atom is 0.249 e. The fraction of sp³-hybridized carbons (Fsp3) is 0.949. The van der Waals surface area contributed by atoms with E-state index in [2.05, 4.69) is 19.2 Å². The summed E-state index contributed by atoms with van der Waals surface area (Å²) in [6.07, 6.45) is 50.3. The molecule has 0 aromatic rings. The summed E-state index contributed by atoms with van der Waals surface area (Å²) in [5.74, 6) is -0.609. The van der Waals surface area contributed by atoms with E-state index in [1.165, 1.54) is 231 Å². The Labute approximate surface area is 425 Å². The molecular weight excluding hydrogens is 867 g/mol. The van der Waals surface area contributed by atoms with Gasteiger partial charge in [0.1, 0.15) is 30.5 Å². The summed E-state index contributed by atoms with van der Waals surface area (Å²) in [5.41, 5.74) is 0. The summed E-state index contributed by atoms with van der Waals surface area (Å²) in [6, 6.07) is -0.976. The molecule has 0 aromatic carbocycles. The zero-order valence-electron chi connectivity index (χ0n) is 45.2. The van der Waals surface area contributed by atoms with E-state index in [9.17, 15) is 35.4 Å². The van der Waals surface area contributed by atoms with E-state index in [0.29, 0.717) is 6.42 Å². The second-order valence-electron chi connectivity index (χ2n) is 21.3. The molecule has 0 saturated carbocycles. The number of amides is 1. The normalized spacial score (nSPS) is 19.9. The predicted octanol–water partition coefficient (Wildman–Crippen LogP) is 13.8. The van der Waals surface area contributed by atoms with Gasteiger partial charge in [-0.25, -0.2) is 0 Å². The zero-order chi connectivity index (χ0) is 50.3. The highest BCUT2D eigenvalue weighted by atomic mass is 16.7. The highest BCUT2D eigenvalue weighted by molar-refractivity contribution is 5.80. The number of carbonyl (C=O) groups is 1. The van der Waals surface area contributed by atoms with Crippen LogP contribution >= 0.6 is 0 Å². The highest BCUT2D eigenvalue weighted by Gasteiger charge is 2.44. The van der Waals surface area contributed by atoms with E-state index in [-0.39, 0.29) is 6.61 Å². The van der Waals surface area contributed by atoms with Crippen molar-refractivity contribution in [2.45, 2.75) is 345 Å². The lowest BCUT2D eigenvalue weighted by molar-refractivity contribution is -0.302. The third-order valence-corrected chi connectivity index (χ3v) is 14.7. The van der Waals surface area contributed by atoms with E-state index in [1.54, 1.807) is 6.08 Å². The molecule has 1 heterocycles. The number of allylic oxidation sites excluding steroid dienone is 1. The molecule has 7 N–H and O–H groups in total. The lowest BCUT2D eigenvalue weighted by Gasteiger charge is -2.40. The number of carbonyl (C=O) groups excluding carboxylic acids is 1. The average Bonchev–Trinajstić information content (AvgIpc) is 3.35. The van der Waals surface area contributed by atoms with Gasteiger partial charge in [0.25, 0.3) is 0 Å². The van der Waals surface area contributed by atoms with Gasteiger partial charge in [0, 0.05) is 0 Å². The number of hydrogen-bond donors (Lipinski definition) is 7. The van der Waals surface area contributed by atoms with E-state index in [1.807, 2.05) is 6.08 Å². The van der Waals surface area contributed by atoms with Crippen molar-refractivity contribution in [3.8, 4) is 0 Å². The molecule has 1 aliphatic heterocycles. The van der Waals surface area contributed by atoms with Crippen molar-refractivity contribution in [1.82, 2.24) is 5.32 Å². The minimum absolute atomic E-state index is 0.300. The number of nitrogens with one attached hydrogen (secondary N) is 1. The van der Waals surface area contributed by atoms with Crippen molar-refractivity contribution in [3.05, 3.63) is 12.2 Å². The smallest absolute Gasteiger partial charge is 0.249 e. The number of rotatable bonds is 52. The molecule has 0 aliphatic carbocycles. The van der Waals surface area contributed by atoms with Gasteiger partial charge in [0.05, 0.1) is 25.4 Å². The van der Waals surface area contributed by atoms with Crippen LogP contribution in [0.4, 0.5) is 0 Å². The minimum atomic E-state index is -1.61. The SMILES string of the molecule is CCCCCCCCCCCCCCCCC/C=C/C(O)C(COC1OC(CO)C(O)C(O)C1O)NC(=O)C(O)CCCCCCCCCCCCCCCCCCCCCCCCCCCCC. The van der Waals surface area contributed by atoms with Crippen molar-refractivity contribution in [2.24, 2.45) is 0 Å². The molecule has 8 atom stereocenters. The molecule has 0 spiro atoms. The average molecular weight is 983 g/mol.